The fourth-order valence-electron chi connectivity index (χ4n) is 2.63. The Bertz CT molecular complexity index is 770. The van der Waals surface area contributed by atoms with Gasteiger partial charge in [-0.3, -0.25) is 14.7 Å². The number of thiazole rings is 1. The van der Waals surface area contributed by atoms with Crippen molar-refractivity contribution < 1.29 is 14.3 Å². The lowest BCUT2D eigenvalue weighted by Crippen LogP contribution is -2.37. The topological polar surface area (TPSA) is 109 Å². The average Bonchev–Trinajstić information content (AvgIpc) is 3.23. The summed E-state index contributed by atoms with van der Waals surface area (Å²) in [6.45, 7) is 5.17. The number of amides is 2. The first-order chi connectivity index (χ1) is 12.1. The molecular formula is C16H21N5O3S. The largest absolute Gasteiger partial charge is 0.370 e. The number of carbonyl (C=O) groups is 2. The van der Waals surface area contributed by atoms with Gasteiger partial charge in [0.15, 0.2) is 5.69 Å². The summed E-state index contributed by atoms with van der Waals surface area (Å²) in [5.41, 5.74) is 2.52. The third kappa shape index (κ3) is 4.05. The minimum atomic E-state index is -0.216. The number of hydrogen-bond acceptors (Lipinski definition) is 6. The van der Waals surface area contributed by atoms with Crippen molar-refractivity contribution in [2.45, 2.75) is 39.4 Å². The van der Waals surface area contributed by atoms with Gasteiger partial charge in [-0.25, -0.2) is 4.98 Å². The predicted octanol–water partition coefficient (Wildman–Crippen LogP) is 1.19. The van der Waals surface area contributed by atoms with E-state index in [9.17, 15) is 9.59 Å². The molecule has 9 heteroatoms. The quantitative estimate of drug-likeness (QED) is 0.714. The molecular weight excluding hydrogens is 342 g/mol. The number of aryl methyl sites for hydroxylation is 1. The molecule has 0 bridgehead atoms. The molecule has 2 aromatic rings. The zero-order chi connectivity index (χ0) is 17.8. The number of rotatable bonds is 6. The molecule has 0 radical (unpaired) electrons. The number of aromatic nitrogens is 3. The van der Waals surface area contributed by atoms with Crippen molar-refractivity contribution >= 4 is 23.2 Å². The summed E-state index contributed by atoms with van der Waals surface area (Å²) in [4.78, 5) is 28.4. The van der Waals surface area contributed by atoms with Gasteiger partial charge in [0.1, 0.15) is 5.69 Å². The lowest BCUT2D eigenvalue weighted by molar-refractivity contribution is 0.0265. The Morgan fingerprint density at radius 3 is 2.96 bits per heavy atom. The number of fused-ring (bicyclic) bond motifs is 1. The Balaban J connectivity index is 1.60. The highest BCUT2D eigenvalue weighted by Gasteiger charge is 2.27. The maximum absolute atomic E-state index is 12.2. The van der Waals surface area contributed by atoms with E-state index in [0.717, 1.165) is 22.7 Å². The van der Waals surface area contributed by atoms with Crippen molar-refractivity contribution in [3.63, 3.8) is 0 Å². The van der Waals surface area contributed by atoms with Gasteiger partial charge in [-0.1, -0.05) is 6.92 Å². The molecule has 0 aliphatic carbocycles. The van der Waals surface area contributed by atoms with Gasteiger partial charge in [-0.05, 0) is 13.3 Å². The van der Waals surface area contributed by atoms with E-state index < -0.39 is 0 Å². The average molecular weight is 363 g/mol. The molecule has 0 fully saturated rings. The first-order valence-electron chi connectivity index (χ1n) is 8.24. The maximum atomic E-state index is 12.2. The number of ether oxygens (including phenoxy) is 1. The van der Waals surface area contributed by atoms with Crippen LogP contribution in [0.3, 0.4) is 0 Å². The first-order valence-corrected chi connectivity index (χ1v) is 9.12. The molecule has 0 spiro atoms. The van der Waals surface area contributed by atoms with Crippen LogP contribution in [0.1, 0.15) is 50.6 Å². The minimum Gasteiger partial charge on any atom is -0.370 e. The van der Waals surface area contributed by atoms with E-state index in [2.05, 4.69) is 25.8 Å². The summed E-state index contributed by atoms with van der Waals surface area (Å²) < 4.78 is 5.73. The number of H-pyrrole nitrogens is 1. The van der Waals surface area contributed by atoms with Crippen LogP contribution in [-0.4, -0.2) is 46.2 Å². The van der Waals surface area contributed by atoms with Crippen LogP contribution in [0.5, 0.6) is 0 Å². The highest BCUT2D eigenvalue weighted by atomic mass is 32.1. The summed E-state index contributed by atoms with van der Waals surface area (Å²) in [6, 6.07) is 0. The number of nitrogens with one attached hydrogen (secondary N) is 3. The number of nitrogens with zero attached hydrogens (tertiary/aromatic N) is 2. The van der Waals surface area contributed by atoms with Gasteiger partial charge in [0, 0.05) is 30.5 Å². The van der Waals surface area contributed by atoms with Crippen LogP contribution < -0.4 is 10.6 Å². The number of hydrogen-bond donors (Lipinski definition) is 3. The molecule has 1 unspecified atom stereocenters. The van der Waals surface area contributed by atoms with Gasteiger partial charge in [-0.15, -0.1) is 11.3 Å². The van der Waals surface area contributed by atoms with Gasteiger partial charge in [0.05, 0.1) is 23.4 Å². The summed E-state index contributed by atoms with van der Waals surface area (Å²) in [6.07, 6.45) is 1.19. The first kappa shape index (κ1) is 17.6. The van der Waals surface area contributed by atoms with Crippen LogP contribution in [0.2, 0.25) is 0 Å². The summed E-state index contributed by atoms with van der Waals surface area (Å²) in [5, 5.41) is 15.2. The monoisotopic (exact) mass is 363 g/mol. The molecule has 3 heterocycles. The maximum Gasteiger partial charge on any atom is 0.272 e. The molecule has 0 saturated carbocycles. The van der Waals surface area contributed by atoms with E-state index in [1.807, 2.05) is 13.8 Å². The normalized spacial score (nSPS) is 16.3. The standard InChI is InChI=1S/C16H21N5O3S/c1-3-4-17-16(23)14-11-5-10(24-7-12(11)20-21-14)6-18-15(22)13-8-25-9(2)19-13/h8,10H,3-7H2,1-2H3,(H,17,23)(H,18,22)(H,20,21). The van der Waals surface area contributed by atoms with E-state index in [1.54, 1.807) is 5.38 Å². The van der Waals surface area contributed by atoms with Crippen molar-refractivity contribution in [1.29, 1.82) is 0 Å². The molecule has 2 aromatic heterocycles. The van der Waals surface area contributed by atoms with E-state index in [1.165, 1.54) is 11.3 Å². The number of aromatic amines is 1. The lowest BCUT2D eigenvalue weighted by Gasteiger charge is -2.23. The molecule has 8 nitrogen and oxygen atoms in total. The Morgan fingerprint density at radius 1 is 1.40 bits per heavy atom. The second kappa shape index (κ2) is 7.75. The highest BCUT2D eigenvalue weighted by molar-refractivity contribution is 7.09. The molecule has 2 amide bonds. The lowest BCUT2D eigenvalue weighted by atomic mass is 10.0. The van der Waals surface area contributed by atoms with E-state index in [-0.39, 0.29) is 17.9 Å². The van der Waals surface area contributed by atoms with Crippen molar-refractivity contribution in [2.24, 2.45) is 0 Å². The van der Waals surface area contributed by atoms with E-state index >= 15 is 0 Å². The molecule has 0 saturated heterocycles. The van der Waals surface area contributed by atoms with E-state index in [4.69, 9.17) is 4.74 Å². The van der Waals surface area contributed by atoms with Crippen LogP contribution in [-0.2, 0) is 17.8 Å². The van der Waals surface area contributed by atoms with Crippen LogP contribution in [0.25, 0.3) is 0 Å². The van der Waals surface area contributed by atoms with Gasteiger partial charge in [0.2, 0.25) is 0 Å². The Morgan fingerprint density at radius 2 is 2.24 bits per heavy atom. The summed E-state index contributed by atoms with van der Waals surface area (Å²) in [5.74, 6) is -0.395. The summed E-state index contributed by atoms with van der Waals surface area (Å²) >= 11 is 1.44. The predicted molar refractivity (Wildman–Crippen MR) is 92.7 cm³/mol. The molecule has 1 aliphatic heterocycles. The Kier molecular flexibility index (Phi) is 5.44. The van der Waals surface area contributed by atoms with Crippen molar-refractivity contribution in [2.75, 3.05) is 13.1 Å². The minimum absolute atomic E-state index is 0.179. The van der Waals surface area contributed by atoms with Crippen molar-refractivity contribution in [1.82, 2.24) is 25.8 Å². The molecule has 134 valence electrons. The smallest absolute Gasteiger partial charge is 0.272 e. The van der Waals surface area contributed by atoms with Gasteiger partial charge in [0.25, 0.3) is 11.8 Å². The summed E-state index contributed by atoms with van der Waals surface area (Å²) in [7, 11) is 0. The molecule has 0 aromatic carbocycles. The fraction of sp³-hybridized carbons (Fsp3) is 0.500. The van der Waals surface area contributed by atoms with Gasteiger partial charge in [-0.2, -0.15) is 5.10 Å². The van der Waals surface area contributed by atoms with Crippen LogP contribution >= 0.6 is 11.3 Å². The second-order valence-corrected chi connectivity index (χ2v) is 6.95. The Labute approximate surface area is 149 Å². The molecule has 3 N–H and O–H groups in total. The molecule has 3 rings (SSSR count). The van der Waals surface area contributed by atoms with Gasteiger partial charge < -0.3 is 15.4 Å². The van der Waals surface area contributed by atoms with Gasteiger partial charge >= 0.3 is 0 Å². The molecule has 25 heavy (non-hydrogen) atoms. The number of carbonyl (C=O) groups excluding carboxylic acids is 2. The second-order valence-electron chi connectivity index (χ2n) is 5.88. The zero-order valence-corrected chi connectivity index (χ0v) is 15.0. The Hall–Kier alpha value is -2.26. The van der Waals surface area contributed by atoms with E-state index in [0.29, 0.717) is 37.5 Å². The SMILES string of the molecule is CCCNC(=O)c1n[nH]c2c1CC(CNC(=O)c1csc(C)n1)OC2. The molecule has 1 aliphatic rings. The van der Waals surface area contributed by atoms with Crippen LogP contribution in [0.15, 0.2) is 5.38 Å². The van der Waals surface area contributed by atoms with Crippen molar-refractivity contribution in [3.8, 4) is 0 Å². The zero-order valence-electron chi connectivity index (χ0n) is 14.2. The van der Waals surface area contributed by atoms with Crippen LogP contribution in [0, 0.1) is 6.92 Å². The van der Waals surface area contributed by atoms with Crippen molar-refractivity contribution in [3.05, 3.63) is 33.0 Å². The fourth-order valence-corrected chi connectivity index (χ4v) is 3.23. The third-order valence-corrected chi connectivity index (χ3v) is 4.71. The highest BCUT2D eigenvalue weighted by Crippen LogP contribution is 2.22. The van der Waals surface area contributed by atoms with Crippen LogP contribution in [0.4, 0.5) is 0 Å². The third-order valence-electron chi connectivity index (χ3n) is 3.94. The molecule has 1 atom stereocenters.